The Bertz CT molecular complexity index is 1820. The summed E-state index contributed by atoms with van der Waals surface area (Å²) in [6, 6.07) is 0. The Kier molecular flexibility index (Phi) is 10.6. The van der Waals surface area contributed by atoms with E-state index in [4.69, 9.17) is 28.4 Å². The summed E-state index contributed by atoms with van der Waals surface area (Å²) in [5, 5.41) is 68.2. The predicted octanol–water partition coefficient (Wildman–Crippen LogP) is 1.43. The normalized spacial score (nSPS) is 54.1. The van der Waals surface area contributed by atoms with Gasteiger partial charge in [0.25, 0.3) is 0 Å². The molecule has 7 fully saturated rings. The third-order valence-electron chi connectivity index (χ3n) is 16.9. The van der Waals surface area contributed by atoms with Gasteiger partial charge in [-0.1, -0.05) is 39.3 Å². The number of allylic oxidation sites excluding steroid dienone is 1. The molecule has 3 saturated carbocycles. The molecule has 0 aromatic carbocycles. The van der Waals surface area contributed by atoms with Crippen molar-refractivity contribution in [2.24, 2.45) is 33.5 Å². The van der Waals surface area contributed by atoms with E-state index in [2.05, 4.69) is 25.0 Å². The minimum absolute atomic E-state index is 0.0271. The van der Waals surface area contributed by atoms with Crippen molar-refractivity contribution >= 4 is 16.4 Å². The molecule has 7 N–H and O–H groups in total. The molecule has 4 heterocycles. The first-order chi connectivity index (χ1) is 27.2. The molecule has 4 aliphatic carbocycles. The van der Waals surface area contributed by atoms with Crippen molar-refractivity contribution in [3.05, 3.63) is 11.6 Å². The van der Waals surface area contributed by atoms with Crippen LogP contribution in [0.25, 0.3) is 0 Å². The number of carbonyl (C=O) groups is 1. The zero-order valence-corrected chi connectivity index (χ0v) is 36.0. The molecule has 4 saturated heterocycles. The second-order valence-corrected chi connectivity index (χ2v) is 21.7. The second kappa shape index (κ2) is 14.1. The number of hydrogen-bond donors (Lipinski definition) is 7. The molecule has 0 amide bonds. The maximum atomic E-state index is 14.5. The largest absolute Gasteiger partial charge is 0.453 e. The smallest absolute Gasteiger partial charge is 0.397 e. The molecule has 17 nitrogen and oxygen atoms in total. The number of esters is 1. The van der Waals surface area contributed by atoms with E-state index in [1.807, 2.05) is 26.8 Å². The highest BCUT2D eigenvalue weighted by Crippen LogP contribution is 2.77. The molecule has 1 spiro atoms. The van der Waals surface area contributed by atoms with E-state index in [1.165, 1.54) is 6.92 Å². The van der Waals surface area contributed by atoms with E-state index in [9.17, 15) is 48.4 Å². The molecule has 19 atom stereocenters. The lowest BCUT2D eigenvalue weighted by atomic mass is 9.40. The third-order valence-corrected chi connectivity index (χ3v) is 17.4. The summed E-state index contributed by atoms with van der Waals surface area (Å²) < 4.78 is 74.3. The fourth-order valence-corrected chi connectivity index (χ4v) is 14.2. The van der Waals surface area contributed by atoms with Crippen molar-refractivity contribution in [3.8, 4) is 0 Å². The van der Waals surface area contributed by atoms with E-state index < -0.39 is 135 Å². The van der Waals surface area contributed by atoms with Gasteiger partial charge < -0.3 is 59.1 Å². The number of ether oxygens (including phenoxy) is 6. The number of cyclic esters (lactones) is 1. The van der Waals surface area contributed by atoms with Crippen LogP contribution < -0.4 is 0 Å². The molecule has 8 rings (SSSR count). The predicted molar refractivity (Wildman–Crippen MR) is 203 cm³/mol. The second-order valence-electron chi connectivity index (χ2n) is 20.7. The summed E-state index contributed by atoms with van der Waals surface area (Å²) in [6.45, 7) is 15.1. The molecule has 0 aromatic rings. The van der Waals surface area contributed by atoms with Crippen molar-refractivity contribution < 1.29 is 81.0 Å². The van der Waals surface area contributed by atoms with Gasteiger partial charge in [0.2, 0.25) is 0 Å². The standard InChI is InChI=1S/C41H64O17S/c1-19-27(43)29(45)30(46)32(53-19)55-31-28(44)22(58-59(49,50)51)18-52-33(31)54-25-12-14-37(6)21-17-24(42)41-34(47)57-39(8,26-11-13-35(2,3)56-26)40(41,48)16-15-38(41,7)20(21)9-10-23(37)36(25,4)5/h17,19-20,22-33,42-46,48H,9-16,18H2,1-8H3,(H,49,50,51)/t19-,20?,22-,23?,24+,25+,26?,27-,28+,29+,30-,31-,32+,33+,37-,38+,39+,40+,41?/m1/s1. The van der Waals surface area contributed by atoms with Gasteiger partial charge in [0.15, 0.2) is 18.2 Å². The summed E-state index contributed by atoms with van der Waals surface area (Å²) in [5.41, 5.74) is -5.89. The van der Waals surface area contributed by atoms with Gasteiger partial charge in [-0.15, -0.1) is 0 Å². The van der Waals surface area contributed by atoms with Crippen LogP contribution in [-0.2, 0) is 47.8 Å². The number of aliphatic hydroxyl groups is 6. The van der Waals surface area contributed by atoms with Crippen molar-refractivity contribution in [2.45, 2.75) is 197 Å². The van der Waals surface area contributed by atoms with Crippen LogP contribution in [0.1, 0.15) is 107 Å². The van der Waals surface area contributed by atoms with Gasteiger partial charge in [0.05, 0.1) is 30.5 Å². The first-order valence-electron chi connectivity index (χ1n) is 21.2. The molecule has 0 aromatic heterocycles. The number of aliphatic hydroxyl groups excluding tert-OH is 5. The fraction of sp³-hybridized carbons (Fsp3) is 0.927. The quantitative estimate of drug-likeness (QED) is 0.0827. The van der Waals surface area contributed by atoms with Crippen LogP contribution in [0.2, 0.25) is 0 Å². The topological polar surface area (TPSA) is 257 Å². The Morgan fingerprint density at radius 3 is 2.15 bits per heavy atom. The Balaban J connectivity index is 1.07. The molecule has 0 radical (unpaired) electrons. The summed E-state index contributed by atoms with van der Waals surface area (Å²) in [6.07, 6.45) is -9.75. The summed E-state index contributed by atoms with van der Waals surface area (Å²) in [5.74, 6) is -0.746. The Hall–Kier alpha value is -1.36. The Morgan fingerprint density at radius 2 is 1.51 bits per heavy atom. The van der Waals surface area contributed by atoms with Gasteiger partial charge in [0.1, 0.15) is 53.7 Å². The van der Waals surface area contributed by atoms with Crippen molar-refractivity contribution in [1.82, 2.24) is 0 Å². The van der Waals surface area contributed by atoms with Crippen molar-refractivity contribution in [2.75, 3.05) is 6.61 Å². The van der Waals surface area contributed by atoms with Gasteiger partial charge in [-0.05, 0) is 107 Å². The maximum Gasteiger partial charge on any atom is 0.397 e. The highest BCUT2D eigenvalue weighted by atomic mass is 32.3. The number of hydrogen-bond acceptors (Lipinski definition) is 16. The summed E-state index contributed by atoms with van der Waals surface area (Å²) in [4.78, 5) is 14.5. The van der Waals surface area contributed by atoms with Gasteiger partial charge in [-0.2, -0.15) is 8.42 Å². The van der Waals surface area contributed by atoms with E-state index >= 15 is 0 Å². The minimum atomic E-state index is -5.04. The van der Waals surface area contributed by atoms with Crippen LogP contribution in [0.4, 0.5) is 0 Å². The SMILES string of the molecule is C[C@H]1O[C@@H](O[C@H]2[C@H](O[C@H]3CC[C@]4(C)C5=C[C@H](O)C67C(=O)O[C@@](C)(C8CCC(C)(C)O8)[C@@]6(O)CC[C@@]7(C)C5CCC4C3(C)C)OC[C@@H](OS(=O)(=O)O)[C@@H]2O)[C@H](O)[C@@H](O)[C@@H]1O. The van der Waals surface area contributed by atoms with Crippen LogP contribution in [0, 0.1) is 33.5 Å². The first-order valence-corrected chi connectivity index (χ1v) is 22.5. The molecule has 59 heavy (non-hydrogen) atoms. The fourth-order valence-electron chi connectivity index (χ4n) is 13.7. The lowest BCUT2D eigenvalue weighted by Crippen LogP contribution is -2.69. The van der Waals surface area contributed by atoms with E-state index in [0.29, 0.717) is 32.1 Å². The van der Waals surface area contributed by atoms with Gasteiger partial charge in [0, 0.05) is 0 Å². The van der Waals surface area contributed by atoms with Crippen LogP contribution in [0.5, 0.6) is 0 Å². The average Bonchev–Trinajstić information content (AvgIpc) is 3.70. The molecular formula is C41H64O17S. The van der Waals surface area contributed by atoms with Gasteiger partial charge in [-0.25, -0.2) is 4.18 Å². The van der Waals surface area contributed by atoms with Crippen LogP contribution in [-0.4, -0.2) is 147 Å². The maximum absolute atomic E-state index is 14.5. The zero-order chi connectivity index (χ0) is 43.3. The lowest BCUT2D eigenvalue weighted by molar-refractivity contribution is -0.362. The number of fused-ring (bicyclic) bond motifs is 4. The summed E-state index contributed by atoms with van der Waals surface area (Å²) in [7, 11) is -5.04. The first kappa shape index (κ1) is 44.3. The van der Waals surface area contributed by atoms with Crippen LogP contribution >= 0.6 is 0 Å². The average molecular weight is 861 g/mol. The molecule has 4 unspecified atom stereocenters. The monoisotopic (exact) mass is 860 g/mol. The van der Waals surface area contributed by atoms with Crippen LogP contribution in [0.15, 0.2) is 11.6 Å². The Morgan fingerprint density at radius 1 is 0.814 bits per heavy atom. The lowest BCUT2D eigenvalue weighted by Gasteiger charge is -2.64. The molecular weight excluding hydrogens is 797 g/mol. The zero-order valence-electron chi connectivity index (χ0n) is 35.1. The van der Waals surface area contributed by atoms with Crippen LogP contribution in [0.3, 0.4) is 0 Å². The number of rotatable bonds is 7. The highest BCUT2D eigenvalue weighted by Gasteiger charge is 2.87. The van der Waals surface area contributed by atoms with Crippen molar-refractivity contribution in [1.29, 1.82) is 0 Å². The third kappa shape index (κ3) is 6.16. The van der Waals surface area contributed by atoms with E-state index in [0.717, 1.165) is 18.4 Å². The molecule has 336 valence electrons. The van der Waals surface area contributed by atoms with Crippen molar-refractivity contribution in [3.63, 3.8) is 0 Å². The van der Waals surface area contributed by atoms with E-state index in [-0.39, 0.29) is 18.3 Å². The molecule has 0 bridgehead atoms. The minimum Gasteiger partial charge on any atom is -0.453 e. The van der Waals surface area contributed by atoms with Gasteiger partial charge >= 0.3 is 16.4 Å². The Labute approximate surface area is 345 Å². The van der Waals surface area contributed by atoms with Gasteiger partial charge in [-0.3, -0.25) is 9.35 Å². The molecule has 8 aliphatic rings. The van der Waals surface area contributed by atoms with E-state index in [1.54, 1.807) is 6.92 Å². The molecule has 18 heteroatoms. The molecule has 4 aliphatic heterocycles. The number of carbonyl (C=O) groups excluding carboxylic acids is 1. The highest BCUT2D eigenvalue weighted by molar-refractivity contribution is 7.80. The summed E-state index contributed by atoms with van der Waals surface area (Å²) >= 11 is 0.